The molecule has 3 aromatic rings. The molecule has 0 bridgehead atoms. The summed E-state index contributed by atoms with van der Waals surface area (Å²) < 4.78 is 72.2. The quantitative estimate of drug-likeness (QED) is 0.477. The summed E-state index contributed by atoms with van der Waals surface area (Å²) in [5, 5.41) is 3.70. The minimum Gasteiger partial charge on any atom is -0.481 e. The van der Waals surface area contributed by atoms with Crippen LogP contribution < -0.4 is 15.2 Å². The largest absolute Gasteiger partial charge is 0.481 e. The van der Waals surface area contributed by atoms with Crippen LogP contribution in [0.25, 0.3) is 16.9 Å². The van der Waals surface area contributed by atoms with Gasteiger partial charge in [0.2, 0.25) is 15.9 Å². The molecule has 1 fully saturated rings. The molecule has 4 rings (SSSR count). The van der Waals surface area contributed by atoms with Gasteiger partial charge < -0.3 is 9.64 Å². The number of rotatable bonds is 6. The summed E-state index contributed by atoms with van der Waals surface area (Å²) in [5.41, 5.74) is -0.632. The van der Waals surface area contributed by atoms with Crippen LogP contribution >= 0.6 is 0 Å². The van der Waals surface area contributed by atoms with Gasteiger partial charge in [-0.1, -0.05) is 18.2 Å². The molecule has 198 valence electrons. The van der Waals surface area contributed by atoms with Crippen LogP contribution in [0.3, 0.4) is 0 Å². The van der Waals surface area contributed by atoms with Gasteiger partial charge in [-0.15, -0.1) is 0 Å². The number of pyridine rings is 1. The van der Waals surface area contributed by atoms with Gasteiger partial charge in [-0.05, 0) is 37.6 Å². The second-order valence-electron chi connectivity index (χ2n) is 8.71. The summed E-state index contributed by atoms with van der Waals surface area (Å²) in [4.78, 5) is 19.8. The monoisotopic (exact) mass is 537 g/mol. The molecule has 0 spiro atoms. The van der Waals surface area contributed by atoms with Gasteiger partial charge in [-0.2, -0.15) is 32.2 Å². The molecular formula is C24H26F3N5O4S. The Morgan fingerprint density at radius 2 is 1.65 bits per heavy atom. The van der Waals surface area contributed by atoms with Crippen molar-refractivity contribution in [1.82, 2.24) is 19.1 Å². The molecule has 13 heteroatoms. The number of halogens is 3. The zero-order valence-electron chi connectivity index (χ0n) is 20.4. The Kier molecular flexibility index (Phi) is 7.29. The average molecular weight is 538 g/mol. The summed E-state index contributed by atoms with van der Waals surface area (Å²) in [6.07, 6.45) is -3.08. The van der Waals surface area contributed by atoms with E-state index in [0.717, 1.165) is 16.8 Å². The minimum atomic E-state index is -4.53. The number of anilines is 1. The molecule has 0 aliphatic carbocycles. The van der Waals surface area contributed by atoms with Crippen molar-refractivity contribution < 1.29 is 26.3 Å². The Balaban J connectivity index is 1.79. The number of nitrogens with zero attached hydrogens (tertiary/aromatic N) is 5. The molecule has 1 saturated heterocycles. The number of piperazine rings is 1. The standard InChI is InChI=1S/C24H26F3N5O4S/c1-16(2)37(34,35)31-13-11-30(12-14-31)19-15-28-32(20-5-4-6-21(29-20)36-3)23(33)22(19)17-7-9-18(10-8-17)24(25,26)27/h4-10,15-16H,11-14H2,1-3H3. The van der Waals surface area contributed by atoms with Gasteiger partial charge in [0.25, 0.3) is 5.56 Å². The van der Waals surface area contributed by atoms with E-state index >= 15 is 0 Å². The van der Waals surface area contributed by atoms with Gasteiger partial charge in [-0.25, -0.2) is 8.42 Å². The van der Waals surface area contributed by atoms with Crippen LogP contribution in [0.4, 0.5) is 18.9 Å². The summed E-state index contributed by atoms with van der Waals surface area (Å²) in [5.74, 6) is 0.436. The molecule has 37 heavy (non-hydrogen) atoms. The van der Waals surface area contributed by atoms with Gasteiger partial charge in [-0.3, -0.25) is 4.79 Å². The number of hydrogen-bond donors (Lipinski definition) is 0. The highest BCUT2D eigenvalue weighted by Crippen LogP contribution is 2.33. The van der Waals surface area contributed by atoms with Gasteiger partial charge in [0.15, 0.2) is 5.82 Å². The molecule has 0 N–H and O–H groups in total. The first-order valence-corrected chi connectivity index (χ1v) is 13.0. The Hall–Kier alpha value is -3.45. The summed E-state index contributed by atoms with van der Waals surface area (Å²) in [7, 11) is -2.02. The highest BCUT2D eigenvalue weighted by molar-refractivity contribution is 7.89. The summed E-state index contributed by atoms with van der Waals surface area (Å²) in [6.45, 7) is 4.19. The Morgan fingerprint density at radius 1 is 1.00 bits per heavy atom. The van der Waals surface area contributed by atoms with E-state index in [-0.39, 0.29) is 49.0 Å². The van der Waals surface area contributed by atoms with Crippen molar-refractivity contribution in [3.63, 3.8) is 0 Å². The molecule has 0 saturated carbocycles. The smallest absolute Gasteiger partial charge is 0.416 e. The third-order valence-electron chi connectivity index (χ3n) is 6.13. The molecule has 2 aromatic heterocycles. The molecule has 0 radical (unpaired) electrons. The molecule has 1 aliphatic heterocycles. The third-order valence-corrected chi connectivity index (χ3v) is 8.41. The second-order valence-corrected chi connectivity index (χ2v) is 11.2. The van der Waals surface area contributed by atoms with Crippen molar-refractivity contribution in [1.29, 1.82) is 0 Å². The molecule has 1 aromatic carbocycles. The van der Waals surface area contributed by atoms with E-state index in [1.54, 1.807) is 32.0 Å². The van der Waals surface area contributed by atoms with Crippen molar-refractivity contribution in [2.45, 2.75) is 25.3 Å². The van der Waals surface area contributed by atoms with Crippen molar-refractivity contribution in [2.75, 3.05) is 38.2 Å². The van der Waals surface area contributed by atoms with Crippen LogP contribution in [0.1, 0.15) is 19.4 Å². The van der Waals surface area contributed by atoms with Gasteiger partial charge in [0, 0.05) is 32.2 Å². The molecule has 0 atom stereocenters. The van der Waals surface area contributed by atoms with Gasteiger partial charge in [0.1, 0.15) is 0 Å². The maximum Gasteiger partial charge on any atom is 0.416 e. The maximum absolute atomic E-state index is 13.7. The van der Waals surface area contributed by atoms with E-state index in [9.17, 15) is 26.4 Å². The molecular weight excluding hydrogens is 511 g/mol. The second kappa shape index (κ2) is 10.1. The van der Waals surface area contributed by atoms with Crippen molar-refractivity contribution in [2.24, 2.45) is 0 Å². The molecule has 0 unspecified atom stereocenters. The first kappa shape index (κ1) is 26.6. The molecule has 3 heterocycles. The Labute approximate surface area is 212 Å². The number of aromatic nitrogens is 3. The highest BCUT2D eigenvalue weighted by atomic mass is 32.2. The molecule has 9 nitrogen and oxygen atoms in total. The topological polar surface area (TPSA) is 97.6 Å². The predicted octanol–water partition coefficient (Wildman–Crippen LogP) is 3.18. The van der Waals surface area contributed by atoms with E-state index in [0.29, 0.717) is 5.69 Å². The number of benzene rings is 1. The predicted molar refractivity (Wildman–Crippen MR) is 132 cm³/mol. The first-order valence-electron chi connectivity index (χ1n) is 11.5. The van der Waals surface area contributed by atoms with Crippen LogP contribution in [-0.4, -0.2) is 66.0 Å². The van der Waals surface area contributed by atoms with Crippen LogP contribution in [0.5, 0.6) is 5.88 Å². The lowest BCUT2D eigenvalue weighted by molar-refractivity contribution is -0.137. The fourth-order valence-electron chi connectivity index (χ4n) is 4.06. The molecule has 0 amide bonds. The number of ether oxygens (including phenoxy) is 1. The summed E-state index contributed by atoms with van der Waals surface area (Å²) >= 11 is 0. The van der Waals surface area contributed by atoms with E-state index in [1.807, 2.05) is 4.90 Å². The lowest BCUT2D eigenvalue weighted by atomic mass is 10.0. The Morgan fingerprint density at radius 3 is 2.22 bits per heavy atom. The lowest BCUT2D eigenvalue weighted by Crippen LogP contribution is -2.50. The van der Waals surface area contributed by atoms with Crippen molar-refractivity contribution in [3.8, 4) is 22.8 Å². The van der Waals surface area contributed by atoms with E-state index in [1.165, 1.54) is 29.7 Å². The first-order chi connectivity index (χ1) is 17.4. The minimum absolute atomic E-state index is 0.133. The SMILES string of the molecule is COc1cccc(-n2ncc(N3CCN(S(=O)(=O)C(C)C)CC3)c(-c3ccc(C(F)(F)F)cc3)c2=O)n1. The third kappa shape index (κ3) is 5.32. The zero-order valence-corrected chi connectivity index (χ0v) is 21.3. The van der Waals surface area contributed by atoms with Crippen molar-refractivity contribution in [3.05, 3.63) is 64.6 Å². The van der Waals surface area contributed by atoms with Gasteiger partial charge in [0.05, 0.1) is 35.4 Å². The normalized spacial score (nSPS) is 15.3. The van der Waals surface area contributed by atoms with Crippen LogP contribution in [0.2, 0.25) is 0 Å². The summed E-state index contributed by atoms with van der Waals surface area (Å²) in [6, 6.07) is 9.11. The maximum atomic E-state index is 13.7. The lowest BCUT2D eigenvalue weighted by Gasteiger charge is -2.36. The molecule has 1 aliphatic rings. The number of alkyl halides is 3. The number of hydrogen-bond acceptors (Lipinski definition) is 7. The van der Waals surface area contributed by atoms with Crippen LogP contribution in [-0.2, 0) is 16.2 Å². The zero-order chi connectivity index (χ0) is 27.0. The fraction of sp³-hybridized carbons (Fsp3) is 0.375. The van der Waals surface area contributed by atoms with E-state index in [2.05, 4.69) is 10.1 Å². The Bertz CT molecular complexity index is 1430. The number of methoxy groups -OCH3 is 1. The highest BCUT2D eigenvalue weighted by Gasteiger charge is 2.32. The van der Waals surface area contributed by atoms with E-state index in [4.69, 9.17) is 4.74 Å². The fourth-order valence-corrected chi connectivity index (χ4v) is 5.33. The van der Waals surface area contributed by atoms with Crippen LogP contribution in [0, 0.1) is 0 Å². The van der Waals surface area contributed by atoms with Crippen molar-refractivity contribution >= 4 is 15.7 Å². The van der Waals surface area contributed by atoms with Gasteiger partial charge >= 0.3 is 6.18 Å². The number of sulfonamides is 1. The van der Waals surface area contributed by atoms with Crippen LogP contribution in [0.15, 0.2) is 53.5 Å². The average Bonchev–Trinajstić information content (AvgIpc) is 2.88. The van der Waals surface area contributed by atoms with E-state index < -0.39 is 32.6 Å².